The van der Waals surface area contributed by atoms with Gasteiger partial charge in [-0.1, -0.05) is 38.1 Å². The van der Waals surface area contributed by atoms with Crippen molar-refractivity contribution in [3.8, 4) is 0 Å². The molecule has 20 heavy (non-hydrogen) atoms. The first kappa shape index (κ1) is 15.5. The number of hydrogen-bond acceptors (Lipinski definition) is 2. The molecule has 1 heterocycles. The fourth-order valence-electron chi connectivity index (χ4n) is 3.26. The van der Waals surface area contributed by atoms with Gasteiger partial charge in [-0.15, -0.1) is 0 Å². The highest BCUT2D eigenvalue weighted by Crippen LogP contribution is 2.26. The highest BCUT2D eigenvalue weighted by molar-refractivity contribution is 5.25. The van der Waals surface area contributed by atoms with Crippen LogP contribution in [-0.4, -0.2) is 24.5 Å². The van der Waals surface area contributed by atoms with Crippen molar-refractivity contribution >= 4 is 0 Å². The number of rotatable bonds is 5. The van der Waals surface area contributed by atoms with Gasteiger partial charge in [0.15, 0.2) is 0 Å². The van der Waals surface area contributed by atoms with E-state index >= 15 is 0 Å². The SMILES string of the molecule is CC(C)Cc1ccc(C(C)N2CCCC(CN)C2)cc1. The first-order valence-corrected chi connectivity index (χ1v) is 8.13. The van der Waals surface area contributed by atoms with Gasteiger partial charge in [-0.25, -0.2) is 0 Å². The Morgan fingerprint density at radius 1 is 1.20 bits per heavy atom. The molecule has 112 valence electrons. The number of likely N-dealkylation sites (tertiary alicyclic amines) is 1. The molecule has 0 saturated carbocycles. The summed E-state index contributed by atoms with van der Waals surface area (Å²) in [5.74, 6) is 1.41. The zero-order valence-corrected chi connectivity index (χ0v) is 13.3. The molecule has 2 atom stereocenters. The minimum absolute atomic E-state index is 0.512. The summed E-state index contributed by atoms with van der Waals surface area (Å²) in [6.07, 6.45) is 3.76. The molecule has 2 rings (SSSR count). The van der Waals surface area contributed by atoms with Crippen molar-refractivity contribution < 1.29 is 0 Å². The lowest BCUT2D eigenvalue weighted by Crippen LogP contribution is -2.39. The minimum atomic E-state index is 0.512. The average molecular weight is 274 g/mol. The summed E-state index contributed by atoms with van der Waals surface area (Å²) >= 11 is 0. The summed E-state index contributed by atoms with van der Waals surface area (Å²) in [6, 6.07) is 9.74. The van der Waals surface area contributed by atoms with Crippen molar-refractivity contribution in [3.63, 3.8) is 0 Å². The van der Waals surface area contributed by atoms with Crippen molar-refractivity contribution in [2.24, 2.45) is 17.6 Å². The van der Waals surface area contributed by atoms with Crippen LogP contribution >= 0.6 is 0 Å². The van der Waals surface area contributed by atoms with Crippen LogP contribution in [-0.2, 0) is 6.42 Å². The van der Waals surface area contributed by atoms with Gasteiger partial charge >= 0.3 is 0 Å². The predicted octanol–water partition coefficient (Wildman–Crippen LogP) is 3.62. The molecule has 2 nitrogen and oxygen atoms in total. The average Bonchev–Trinajstić information content (AvgIpc) is 2.47. The van der Waals surface area contributed by atoms with Crippen molar-refractivity contribution in [2.75, 3.05) is 19.6 Å². The second-order valence-electron chi connectivity index (χ2n) is 6.75. The van der Waals surface area contributed by atoms with Crippen LogP contribution < -0.4 is 5.73 Å². The van der Waals surface area contributed by atoms with Crippen LogP contribution in [0.15, 0.2) is 24.3 Å². The first-order chi connectivity index (χ1) is 9.60. The second kappa shape index (κ2) is 7.24. The Labute approximate surface area is 124 Å². The Kier molecular flexibility index (Phi) is 5.62. The molecule has 1 saturated heterocycles. The van der Waals surface area contributed by atoms with Crippen LogP contribution in [0.3, 0.4) is 0 Å². The quantitative estimate of drug-likeness (QED) is 0.888. The van der Waals surface area contributed by atoms with Gasteiger partial charge in [0.25, 0.3) is 0 Å². The van der Waals surface area contributed by atoms with E-state index in [1.54, 1.807) is 0 Å². The molecule has 1 fully saturated rings. The van der Waals surface area contributed by atoms with Crippen molar-refractivity contribution in [2.45, 2.75) is 46.1 Å². The van der Waals surface area contributed by atoms with Crippen LogP contribution in [0, 0.1) is 11.8 Å². The predicted molar refractivity (Wildman–Crippen MR) is 86.8 cm³/mol. The monoisotopic (exact) mass is 274 g/mol. The largest absolute Gasteiger partial charge is 0.330 e. The fourth-order valence-corrected chi connectivity index (χ4v) is 3.26. The van der Waals surface area contributed by atoms with Crippen LogP contribution in [0.5, 0.6) is 0 Å². The number of benzene rings is 1. The summed E-state index contributed by atoms with van der Waals surface area (Å²) in [5.41, 5.74) is 8.74. The zero-order valence-electron chi connectivity index (χ0n) is 13.3. The highest BCUT2D eigenvalue weighted by atomic mass is 15.2. The van der Waals surface area contributed by atoms with Crippen LogP contribution in [0.2, 0.25) is 0 Å². The van der Waals surface area contributed by atoms with Gasteiger partial charge in [0.1, 0.15) is 0 Å². The number of hydrogen-bond donors (Lipinski definition) is 1. The van der Waals surface area contributed by atoms with E-state index < -0.39 is 0 Å². The molecule has 1 aromatic carbocycles. The van der Waals surface area contributed by atoms with Crippen LogP contribution in [0.25, 0.3) is 0 Å². The maximum atomic E-state index is 5.84. The molecule has 2 unspecified atom stereocenters. The zero-order chi connectivity index (χ0) is 14.5. The Hall–Kier alpha value is -0.860. The molecule has 1 aliphatic rings. The Balaban J connectivity index is 1.99. The van der Waals surface area contributed by atoms with Gasteiger partial charge in [0.05, 0.1) is 0 Å². The van der Waals surface area contributed by atoms with Gasteiger partial charge in [0.2, 0.25) is 0 Å². The third kappa shape index (κ3) is 4.07. The van der Waals surface area contributed by atoms with Crippen molar-refractivity contribution in [1.82, 2.24) is 4.90 Å². The van der Waals surface area contributed by atoms with E-state index in [2.05, 4.69) is 49.9 Å². The maximum absolute atomic E-state index is 5.84. The van der Waals surface area contributed by atoms with Gasteiger partial charge in [-0.3, -0.25) is 4.90 Å². The maximum Gasteiger partial charge on any atom is 0.0320 e. The van der Waals surface area contributed by atoms with E-state index in [0.717, 1.165) is 19.0 Å². The lowest BCUT2D eigenvalue weighted by Gasteiger charge is -2.36. The lowest BCUT2D eigenvalue weighted by atomic mass is 9.94. The smallest absolute Gasteiger partial charge is 0.0320 e. The van der Waals surface area contributed by atoms with Gasteiger partial charge in [-0.05, 0) is 62.2 Å². The molecule has 0 aromatic heterocycles. The van der Waals surface area contributed by atoms with E-state index in [0.29, 0.717) is 12.0 Å². The first-order valence-electron chi connectivity index (χ1n) is 8.13. The second-order valence-corrected chi connectivity index (χ2v) is 6.75. The Morgan fingerprint density at radius 3 is 2.50 bits per heavy atom. The molecule has 0 aliphatic carbocycles. The molecular formula is C18H30N2. The highest BCUT2D eigenvalue weighted by Gasteiger charge is 2.23. The van der Waals surface area contributed by atoms with E-state index in [9.17, 15) is 0 Å². The van der Waals surface area contributed by atoms with Crippen molar-refractivity contribution in [3.05, 3.63) is 35.4 Å². The normalized spacial score (nSPS) is 22.1. The summed E-state index contributed by atoms with van der Waals surface area (Å²) in [7, 11) is 0. The Bertz CT molecular complexity index is 396. The van der Waals surface area contributed by atoms with Gasteiger partial charge in [-0.2, -0.15) is 0 Å². The van der Waals surface area contributed by atoms with Crippen LogP contribution in [0.1, 0.15) is 50.8 Å². The molecule has 0 spiro atoms. The lowest BCUT2D eigenvalue weighted by molar-refractivity contribution is 0.134. The molecule has 0 bridgehead atoms. The minimum Gasteiger partial charge on any atom is -0.330 e. The third-order valence-corrected chi connectivity index (χ3v) is 4.54. The fraction of sp³-hybridized carbons (Fsp3) is 0.667. The van der Waals surface area contributed by atoms with Gasteiger partial charge in [0, 0.05) is 12.6 Å². The third-order valence-electron chi connectivity index (χ3n) is 4.54. The van der Waals surface area contributed by atoms with Crippen LogP contribution in [0.4, 0.5) is 0 Å². The summed E-state index contributed by atoms with van der Waals surface area (Å²) in [4.78, 5) is 2.60. The van der Waals surface area contributed by atoms with E-state index in [-0.39, 0.29) is 0 Å². The number of nitrogens with zero attached hydrogens (tertiary/aromatic N) is 1. The van der Waals surface area contributed by atoms with E-state index in [1.807, 2.05) is 0 Å². The number of nitrogens with two attached hydrogens (primary N) is 1. The topological polar surface area (TPSA) is 29.3 Å². The van der Waals surface area contributed by atoms with Crippen molar-refractivity contribution in [1.29, 1.82) is 0 Å². The summed E-state index contributed by atoms with van der Waals surface area (Å²) < 4.78 is 0. The Morgan fingerprint density at radius 2 is 1.90 bits per heavy atom. The number of piperidine rings is 1. The molecule has 2 heteroatoms. The summed E-state index contributed by atoms with van der Waals surface area (Å²) in [6.45, 7) is 10.1. The molecule has 1 aromatic rings. The molecular weight excluding hydrogens is 244 g/mol. The molecule has 0 radical (unpaired) electrons. The van der Waals surface area contributed by atoms with E-state index in [1.165, 1.54) is 36.9 Å². The summed E-state index contributed by atoms with van der Waals surface area (Å²) in [5, 5.41) is 0. The molecule has 1 aliphatic heterocycles. The molecule has 0 amide bonds. The molecule has 2 N–H and O–H groups in total. The van der Waals surface area contributed by atoms with Gasteiger partial charge < -0.3 is 5.73 Å². The van der Waals surface area contributed by atoms with E-state index in [4.69, 9.17) is 5.73 Å². The standard InChI is InChI=1S/C18H30N2/c1-14(2)11-16-6-8-18(9-7-16)15(3)20-10-4-5-17(12-19)13-20/h6-9,14-15,17H,4-5,10-13,19H2,1-3H3.